The fourth-order valence-corrected chi connectivity index (χ4v) is 4.69. The van der Waals surface area contributed by atoms with Crippen LogP contribution in [0.25, 0.3) is 0 Å². The van der Waals surface area contributed by atoms with E-state index in [2.05, 4.69) is 5.32 Å². The lowest BCUT2D eigenvalue weighted by atomic mass is 10.1. The van der Waals surface area contributed by atoms with Crippen LogP contribution in [0.1, 0.15) is 37.7 Å². The van der Waals surface area contributed by atoms with Crippen molar-refractivity contribution in [1.82, 2.24) is 9.62 Å². The molecule has 1 aromatic carbocycles. The molecule has 1 heterocycles. The quantitative estimate of drug-likeness (QED) is 0.865. The Balaban J connectivity index is 1.49. The average molecular weight is 371 g/mol. The van der Waals surface area contributed by atoms with Crippen LogP contribution in [0, 0.1) is 5.92 Å². The monoisotopic (exact) mass is 370 g/mol. The summed E-state index contributed by atoms with van der Waals surface area (Å²) in [5.74, 6) is 0.481. The first-order chi connectivity index (χ1) is 11.4. The molecule has 1 aliphatic heterocycles. The van der Waals surface area contributed by atoms with Crippen LogP contribution in [0.3, 0.4) is 0 Å². The zero-order valence-electron chi connectivity index (χ0n) is 13.7. The summed E-state index contributed by atoms with van der Waals surface area (Å²) in [4.78, 5) is 12.4. The highest BCUT2D eigenvalue weighted by Crippen LogP contribution is 2.48. The Hall–Kier alpha value is -1.11. The molecule has 2 atom stereocenters. The van der Waals surface area contributed by atoms with Crippen LogP contribution in [0.2, 0.25) is 5.02 Å². The molecule has 0 radical (unpaired) electrons. The molecule has 1 saturated heterocycles. The minimum Gasteiger partial charge on any atom is -0.353 e. The fraction of sp³-hybridized carbons (Fsp3) is 0.588. The van der Waals surface area contributed by atoms with Gasteiger partial charge in [0.25, 0.3) is 0 Å². The first-order valence-corrected chi connectivity index (χ1v) is 10.4. The molecule has 3 rings (SSSR count). The van der Waals surface area contributed by atoms with E-state index >= 15 is 0 Å². The summed E-state index contributed by atoms with van der Waals surface area (Å²) in [6.07, 6.45) is 2.22. The largest absolute Gasteiger partial charge is 0.353 e. The molecular formula is C17H23ClN2O3S. The first kappa shape index (κ1) is 17.7. The third-order valence-electron chi connectivity index (χ3n) is 4.96. The van der Waals surface area contributed by atoms with E-state index in [9.17, 15) is 13.2 Å². The van der Waals surface area contributed by atoms with Crippen molar-refractivity contribution in [2.45, 2.75) is 38.1 Å². The highest BCUT2D eigenvalue weighted by atomic mass is 35.5. The van der Waals surface area contributed by atoms with E-state index in [1.54, 1.807) is 6.92 Å². The third kappa shape index (κ3) is 3.92. The van der Waals surface area contributed by atoms with Crippen LogP contribution in [0.15, 0.2) is 24.3 Å². The number of carbonyl (C=O) groups excluding carboxylic acids is 1. The molecule has 0 unspecified atom stereocenters. The predicted molar refractivity (Wildman–Crippen MR) is 94.5 cm³/mol. The molecule has 7 heteroatoms. The van der Waals surface area contributed by atoms with Crippen LogP contribution in [-0.2, 0) is 14.8 Å². The molecule has 24 heavy (non-hydrogen) atoms. The van der Waals surface area contributed by atoms with Gasteiger partial charge in [0, 0.05) is 30.1 Å². The van der Waals surface area contributed by atoms with Gasteiger partial charge in [0.15, 0.2) is 0 Å². The van der Waals surface area contributed by atoms with Crippen LogP contribution in [0.4, 0.5) is 0 Å². The van der Waals surface area contributed by atoms with Gasteiger partial charge in [0.1, 0.15) is 0 Å². The summed E-state index contributed by atoms with van der Waals surface area (Å²) < 4.78 is 25.2. The van der Waals surface area contributed by atoms with Gasteiger partial charge >= 0.3 is 0 Å². The van der Waals surface area contributed by atoms with Gasteiger partial charge in [0.2, 0.25) is 15.9 Å². The van der Waals surface area contributed by atoms with E-state index < -0.39 is 10.0 Å². The topological polar surface area (TPSA) is 66.5 Å². The summed E-state index contributed by atoms with van der Waals surface area (Å²) in [6, 6.07) is 7.75. The first-order valence-electron chi connectivity index (χ1n) is 8.44. The van der Waals surface area contributed by atoms with E-state index in [1.165, 1.54) is 4.31 Å². The average Bonchev–Trinajstić information content (AvgIpc) is 3.36. The number of nitrogens with zero attached hydrogens (tertiary/aromatic N) is 1. The van der Waals surface area contributed by atoms with Crippen molar-refractivity contribution in [3.63, 3.8) is 0 Å². The lowest BCUT2D eigenvalue weighted by Crippen LogP contribution is -2.47. The second-order valence-electron chi connectivity index (χ2n) is 6.59. The van der Waals surface area contributed by atoms with Crippen molar-refractivity contribution < 1.29 is 13.2 Å². The van der Waals surface area contributed by atoms with Crippen LogP contribution < -0.4 is 5.32 Å². The predicted octanol–water partition coefficient (Wildman–Crippen LogP) is 2.37. The number of hydrogen-bond donors (Lipinski definition) is 1. The highest BCUT2D eigenvalue weighted by Gasteiger charge is 2.44. The molecular weight excluding hydrogens is 348 g/mol. The Morgan fingerprint density at radius 2 is 2.04 bits per heavy atom. The second-order valence-corrected chi connectivity index (χ2v) is 9.28. The number of carbonyl (C=O) groups is 1. The zero-order valence-corrected chi connectivity index (χ0v) is 15.3. The van der Waals surface area contributed by atoms with E-state index in [-0.39, 0.29) is 29.5 Å². The molecule has 1 saturated carbocycles. The number of rotatable bonds is 5. The van der Waals surface area contributed by atoms with Gasteiger partial charge in [0.05, 0.1) is 5.75 Å². The number of piperidine rings is 1. The Morgan fingerprint density at radius 1 is 1.33 bits per heavy atom. The fourth-order valence-electron chi connectivity index (χ4n) is 3.36. The maximum absolute atomic E-state index is 12.4. The molecule has 0 bridgehead atoms. The number of sulfonamides is 1. The lowest BCUT2D eigenvalue weighted by Gasteiger charge is -2.31. The molecule has 5 nitrogen and oxygen atoms in total. The molecule has 1 N–H and O–H groups in total. The highest BCUT2D eigenvalue weighted by molar-refractivity contribution is 7.89. The Labute approximate surface area is 148 Å². The normalized spacial score (nSPS) is 25.4. The van der Waals surface area contributed by atoms with Crippen LogP contribution in [0.5, 0.6) is 0 Å². The Bertz CT molecular complexity index is 714. The molecule has 2 aliphatic rings. The standard InChI is InChI=1S/C17H23ClN2O3S/c1-2-24(22,23)20-8-6-14(7-9-20)19-17(21)16-11-15(16)12-4-3-5-13(18)10-12/h3-5,10,14-16H,2,6-9,11H2,1H3,(H,19,21)/t15-,16+/m1/s1. The summed E-state index contributed by atoms with van der Waals surface area (Å²) in [5, 5.41) is 3.79. The van der Waals surface area contributed by atoms with E-state index in [0.29, 0.717) is 31.0 Å². The van der Waals surface area contributed by atoms with Gasteiger partial charge in [-0.2, -0.15) is 0 Å². The van der Waals surface area contributed by atoms with Gasteiger partial charge in [-0.05, 0) is 49.8 Å². The Morgan fingerprint density at radius 3 is 2.67 bits per heavy atom. The molecule has 1 amide bonds. The van der Waals surface area contributed by atoms with E-state index in [0.717, 1.165) is 12.0 Å². The van der Waals surface area contributed by atoms with Crippen molar-refractivity contribution in [1.29, 1.82) is 0 Å². The number of nitrogens with one attached hydrogen (secondary N) is 1. The molecule has 1 aliphatic carbocycles. The molecule has 1 aromatic rings. The summed E-state index contributed by atoms with van der Waals surface area (Å²) in [7, 11) is -3.12. The Kier molecular flexibility index (Phi) is 5.18. The maximum Gasteiger partial charge on any atom is 0.223 e. The number of halogens is 1. The SMILES string of the molecule is CCS(=O)(=O)N1CCC(NC(=O)[C@H]2C[C@@H]2c2cccc(Cl)c2)CC1. The summed E-state index contributed by atoms with van der Waals surface area (Å²) in [6.45, 7) is 2.64. The van der Waals surface area contributed by atoms with Gasteiger partial charge in [-0.25, -0.2) is 12.7 Å². The van der Waals surface area contributed by atoms with Gasteiger partial charge in [-0.3, -0.25) is 4.79 Å². The van der Waals surface area contributed by atoms with Gasteiger partial charge < -0.3 is 5.32 Å². The third-order valence-corrected chi connectivity index (χ3v) is 7.08. The molecule has 0 aromatic heterocycles. The molecule has 2 fully saturated rings. The van der Waals surface area contributed by atoms with E-state index in [4.69, 9.17) is 11.6 Å². The zero-order chi connectivity index (χ0) is 17.3. The maximum atomic E-state index is 12.4. The minimum atomic E-state index is -3.12. The smallest absolute Gasteiger partial charge is 0.223 e. The molecule has 132 valence electrons. The van der Waals surface area contributed by atoms with E-state index in [1.807, 2.05) is 24.3 Å². The lowest BCUT2D eigenvalue weighted by molar-refractivity contribution is -0.123. The van der Waals surface area contributed by atoms with Crippen LogP contribution in [-0.4, -0.2) is 43.5 Å². The van der Waals surface area contributed by atoms with Crippen molar-refractivity contribution in [2.75, 3.05) is 18.8 Å². The number of benzene rings is 1. The van der Waals surface area contributed by atoms with Crippen molar-refractivity contribution in [3.05, 3.63) is 34.9 Å². The number of hydrogen-bond acceptors (Lipinski definition) is 3. The van der Waals surface area contributed by atoms with Crippen molar-refractivity contribution >= 4 is 27.5 Å². The van der Waals surface area contributed by atoms with Crippen LogP contribution >= 0.6 is 11.6 Å². The van der Waals surface area contributed by atoms with Gasteiger partial charge in [-0.1, -0.05) is 23.7 Å². The van der Waals surface area contributed by atoms with Gasteiger partial charge in [-0.15, -0.1) is 0 Å². The minimum absolute atomic E-state index is 0.0147. The summed E-state index contributed by atoms with van der Waals surface area (Å²) >= 11 is 6.01. The van der Waals surface area contributed by atoms with Crippen molar-refractivity contribution in [3.8, 4) is 0 Å². The second kappa shape index (κ2) is 7.02. The van der Waals surface area contributed by atoms with Crippen molar-refractivity contribution in [2.24, 2.45) is 5.92 Å². The summed E-state index contributed by atoms with van der Waals surface area (Å²) in [5.41, 5.74) is 1.12. The molecule has 0 spiro atoms. The number of amides is 1.